The third-order valence-electron chi connectivity index (χ3n) is 4.61. The van der Waals surface area contributed by atoms with E-state index in [0.717, 1.165) is 12.1 Å². The number of anilines is 3. The highest BCUT2D eigenvalue weighted by Crippen LogP contribution is 2.30. The number of hydrogen-bond acceptors (Lipinski definition) is 6. The summed E-state index contributed by atoms with van der Waals surface area (Å²) in [4.78, 5) is 17.5. The summed E-state index contributed by atoms with van der Waals surface area (Å²) in [5.41, 5.74) is 1.65. The van der Waals surface area contributed by atoms with Crippen molar-refractivity contribution >= 4 is 28.6 Å². The third-order valence-corrected chi connectivity index (χ3v) is 4.61. The first-order chi connectivity index (χ1) is 14.8. The highest BCUT2D eigenvalue weighted by molar-refractivity contribution is 5.84. The fourth-order valence-corrected chi connectivity index (χ4v) is 3.08. The molecule has 31 heavy (non-hydrogen) atoms. The molecule has 0 aliphatic carbocycles. The molecule has 0 unspecified atom stereocenters. The molecule has 0 spiro atoms. The molecule has 0 fully saturated rings. The first kappa shape index (κ1) is 20.6. The van der Waals surface area contributed by atoms with Gasteiger partial charge in [0.1, 0.15) is 0 Å². The highest BCUT2D eigenvalue weighted by atomic mass is 19.4. The van der Waals surface area contributed by atoms with Crippen LogP contribution in [0.15, 0.2) is 55.1 Å². The summed E-state index contributed by atoms with van der Waals surface area (Å²) in [6, 6.07) is 8.91. The maximum absolute atomic E-state index is 13.0. The molecule has 1 aromatic carbocycles. The van der Waals surface area contributed by atoms with Crippen LogP contribution in [0.3, 0.4) is 0 Å². The normalized spacial score (nSPS) is 11.8. The number of aromatic nitrogens is 5. The van der Waals surface area contributed by atoms with Gasteiger partial charge < -0.3 is 15.2 Å². The second-order valence-corrected chi connectivity index (χ2v) is 7.23. The van der Waals surface area contributed by atoms with Crippen molar-refractivity contribution in [2.24, 2.45) is 0 Å². The Kier molecular flexibility index (Phi) is 5.45. The van der Waals surface area contributed by atoms with Crippen molar-refractivity contribution in [3.8, 4) is 0 Å². The van der Waals surface area contributed by atoms with Crippen LogP contribution in [-0.4, -0.2) is 24.5 Å². The maximum Gasteiger partial charge on any atom is 0.416 e. The molecule has 0 bridgehead atoms. The van der Waals surface area contributed by atoms with Crippen LogP contribution in [0.2, 0.25) is 0 Å². The number of imidazole rings is 1. The van der Waals surface area contributed by atoms with Crippen molar-refractivity contribution in [2.75, 3.05) is 10.6 Å². The molecule has 4 aromatic rings. The molecular formula is C21H20F3N7. The Morgan fingerprint density at radius 3 is 2.65 bits per heavy atom. The van der Waals surface area contributed by atoms with Crippen LogP contribution < -0.4 is 10.6 Å². The summed E-state index contributed by atoms with van der Waals surface area (Å²) in [6.45, 7) is 4.16. The number of halogens is 3. The summed E-state index contributed by atoms with van der Waals surface area (Å²) in [6.07, 6.45) is 0.580. The molecule has 0 saturated heterocycles. The topological polar surface area (TPSA) is 80.5 Å². The molecule has 0 amide bonds. The zero-order valence-electron chi connectivity index (χ0n) is 16.9. The second kappa shape index (κ2) is 8.21. The van der Waals surface area contributed by atoms with Gasteiger partial charge in [-0.15, -0.1) is 0 Å². The molecule has 4 rings (SSSR count). The third kappa shape index (κ3) is 4.57. The molecule has 10 heteroatoms. The van der Waals surface area contributed by atoms with Crippen LogP contribution in [0.5, 0.6) is 0 Å². The van der Waals surface area contributed by atoms with E-state index in [1.807, 2.05) is 24.5 Å². The molecule has 2 N–H and O–H groups in total. The van der Waals surface area contributed by atoms with E-state index in [4.69, 9.17) is 0 Å². The fourth-order valence-electron chi connectivity index (χ4n) is 3.08. The number of alkyl halides is 3. The lowest BCUT2D eigenvalue weighted by molar-refractivity contribution is -0.137. The quantitative estimate of drug-likeness (QED) is 0.442. The van der Waals surface area contributed by atoms with Gasteiger partial charge in [-0.25, -0.2) is 4.98 Å². The Morgan fingerprint density at radius 1 is 1.10 bits per heavy atom. The summed E-state index contributed by atoms with van der Waals surface area (Å²) in [7, 11) is 0. The summed E-state index contributed by atoms with van der Waals surface area (Å²) in [5.74, 6) is 0.752. The molecule has 0 aliphatic rings. The number of pyridine rings is 1. The van der Waals surface area contributed by atoms with Crippen molar-refractivity contribution in [3.63, 3.8) is 0 Å². The van der Waals surface area contributed by atoms with Gasteiger partial charge in [-0.1, -0.05) is 12.1 Å². The van der Waals surface area contributed by atoms with E-state index >= 15 is 0 Å². The van der Waals surface area contributed by atoms with Gasteiger partial charge in [0.2, 0.25) is 5.95 Å². The lowest BCUT2D eigenvalue weighted by Crippen LogP contribution is -2.09. The van der Waals surface area contributed by atoms with Gasteiger partial charge in [-0.05, 0) is 43.7 Å². The number of hydrogen-bond donors (Lipinski definition) is 2. The Balaban J connectivity index is 1.67. The average Bonchev–Trinajstić information content (AvgIpc) is 3.17. The van der Waals surface area contributed by atoms with Gasteiger partial charge in [-0.3, -0.25) is 4.98 Å². The van der Waals surface area contributed by atoms with Crippen molar-refractivity contribution in [3.05, 3.63) is 66.2 Å². The predicted octanol–water partition coefficient (Wildman–Crippen LogP) is 5.18. The van der Waals surface area contributed by atoms with Crippen LogP contribution in [0.4, 0.5) is 30.6 Å². The SMILES string of the molecule is CC(C)n1cnc2c(NCc3cccc(C(F)(F)F)c3)nc(Nc3cccnc3)nc21. The first-order valence-corrected chi connectivity index (χ1v) is 9.63. The number of benzene rings is 1. The molecule has 3 aromatic heterocycles. The molecule has 0 atom stereocenters. The number of rotatable bonds is 6. The highest BCUT2D eigenvalue weighted by Gasteiger charge is 2.30. The van der Waals surface area contributed by atoms with Gasteiger partial charge in [0.05, 0.1) is 23.8 Å². The fraction of sp³-hybridized carbons (Fsp3) is 0.238. The minimum absolute atomic E-state index is 0.113. The molecule has 0 aliphatic heterocycles. The van der Waals surface area contributed by atoms with Gasteiger partial charge in [0, 0.05) is 18.8 Å². The van der Waals surface area contributed by atoms with Crippen molar-refractivity contribution in [2.45, 2.75) is 32.6 Å². The second-order valence-electron chi connectivity index (χ2n) is 7.23. The summed E-state index contributed by atoms with van der Waals surface area (Å²) >= 11 is 0. The Morgan fingerprint density at radius 2 is 1.94 bits per heavy atom. The monoisotopic (exact) mass is 427 g/mol. The average molecular weight is 427 g/mol. The van der Waals surface area contributed by atoms with Crippen LogP contribution in [-0.2, 0) is 12.7 Å². The molecule has 0 saturated carbocycles. The van der Waals surface area contributed by atoms with Gasteiger partial charge >= 0.3 is 6.18 Å². The lowest BCUT2D eigenvalue weighted by atomic mass is 10.1. The van der Waals surface area contributed by atoms with Crippen molar-refractivity contribution < 1.29 is 13.2 Å². The van der Waals surface area contributed by atoms with E-state index in [0.29, 0.717) is 34.2 Å². The number of nitrogens with one attached hydrogen (secondary N) is 2. The van der Waals surface area contributed by atoms with E-state index < -0.39 is 11.7 Å². The summed E-state index contributed by atoms with van der Waals surface area (Å²) in [5, 5.41) is 6.22. The van der Waals surface area contributed by atoms with E-state index in [1.165, 1.54) is 6.07 Å². The molecule has 160 valence electrons. The van der Waals surface area contributed by atoms with Crippen LogP contribution in [0, 0.1) is 0 Å². The van der Waals surface area contributed by atoms with Gasteiger partial charge in [-0.2, -0.15) is 23.1 Å². The molecule has 7 nitrogen and oxygen atoms in total. The van der Waals surface area contributed by atoms with E-state index in [-0.39, 0.29) is 12.6 Å². The van der Waals surface area contributed by atoms with E-state index in [1.54, 1.807) is 30.9 Å². The first-order valence-electron chi connectivity index (χ1n) is 9.63. The standard InChI is InChI=1S/C21H20F3N7/c1-13(2)31-12-27-17-18(26-10-14-5-3-6-15(9-14)21(22,23)24)29-20(30-19(17)31)28-16-7-4-8-25-11-16/h3-9,11-13H,10H2,1-2H3,(H2,26,28,29,30). The Hall–Kier alpha value is -3.69. The van der Waals surface area contributed by atoms with Crippen LogP contribution in [0.25, 0.3) is 11.2 Å². The Labute approximate surface area is 176 Å². The van der Waals surface area contributed by atoms with Crippen molar-refractivity contribution in [1.82, 2.24) is 24.5 Å². The Bertz CT molecular complexity index is 1190. The van der Waals surface area contributed by atoms with E-state index in [9.17, 15) is 13.2 Å². The minimum atomic E-state index is -4.39. The zero-order chi connectivity index (χ0) is 22.0. The molecule has 0 radical (unpaired) electrons. The number of nitrogens with zero attached hydrogens (tertiary/aromatic N) is 5. The van der Waals surface area contributed by atoms with Crippen LogP contribution >= 0.6 is 0 Å². The minimum Gasteiger partial charge on any atom is -0.364 e. The lowest BCUT2D eigenvalue weighted by Gasteiger charge is -2.13. The maximum atomic E-state index is 13.0. The van der Waals surface area contributed by atoms with Crippen molar-refractivity contribution in [1.29, 1.82) is 0 Å². The van der Waals surface area contributed by atoms with Crippen LogP contribution in [0.1, 0.15) is 31.0 Å². The molecule has 3 heterocycles. The van der Waals surface area contributed by atoms with Gasteiger partial charge in [0.15, 0.2) is 17.0 Å². The van der Waals surface area contributed by atoms with E-state index in [2.05, 4.69) is 30.6 Å². The predicted molar refractivity (Wildman–Crippen MR) is 112 cm³/mol. The van der Waals surface area contributed by atoms with Gasteiger partial charge in [0.25, 0.3) is 0 Å². The smallest absolute Gasteiger partial charge is 0.364 e. The number of fused-ring (bicyclic) bond motifs is 1. The molecular weight excluding hydrogens is 407 g/mol. The zero-order valence-corrected chi connectivity index (χ0v) is 16.9. The summed E-state index contributed by atoms with van der Waals surface area (Å²) < 4.78 is 40.9. The largest absolute Gasteiger partial charge is 0.416 e.